The van der Waals surface area contributed by atoms with Gasteiger partial charge in [0.25, 0.3) is 0 Å². The highest BCUT2D eigenvalue weighted by Crippen LogP contribution is 2.34. The van der Waals surface area contributed by atoms with Crippen molar-refractivity contribution < 1.29 is 17.9 Å². The molecule has 0 aliphatic heterocycles. The standard InChI is InChI=1S/C14H20F3N3O.HI/c1-13(2,3)20-12(18)19-8-9-5-6-10(21-4)7-11(9)14(15,16)17;/h5-7H,8H2,1-4H3,(H3,18,19,20);1H. The van der Waals surface area contributed by atoms with Crippen molar-refractivity contribution in [2.24, 2.45) is 10.7 Å². The number of nitrogens with one attached hydrogen (secondary N) is 1. The molecule has 0 aromatic heterocycles. The average Bonchev–Trinajstić information content (AvgIpc) is 2.33. The molecule has 0 unspecified atom stereocenters. The first-order chi connectivity index (χ1) is 9.53. The zero-order valence-corrected chi connectivity index (χ0v) is 15.2. The Hall–Kier alpha value is -1.19. The summed E-state index contributed by atoms with van der Waals surface area (Å²) < 4.78 is 43.9. The van der Waals surface area contributed by atoms with E-state index in [9.17, 15) is 13.2 Å². The summed E-state index contributed by atoms with van der Waals surface area (Å²) in [7, 11) is 1.32. The zero-order chi connectivity index (χ0) is 16.3. The van der Waals surface area contributed by atoms with Gasteiger partial charge in [0.1, 0.15) is 5.75 Å². The van der Waals surface area contributed by atoms with Gasteiger partial charge in [-0.1, -0.05) is 6.07 Å². The van der Waals surface area contributed by atoms with E-state index in [1.54, 1.807) is 0 Å². The molecule has 8 heteroatoms. The number of hydrogen-bond acceptors (Lipinski definition) is 2. The number of nitrogens with zero attached hydrogens (tertiary/aromatic N) is 1. The van der Waals surface area contributed by atoms with E-state index in [4.69, 9.17) is 10.5 Å². The maximum Gasteiger partial charge on any atom is 0.416 e. The zero-order valence-electron chi connectivity index (χ0n) is 12.9. The highest BCUT2D eigenvalue weighted by atomic mass is 127. The number of rotatable bonds is 3. The van der Waals surface area contributed by atoms with E-state index in [2.05, 4.69) is 10.3 Å². The van der Waals surface area contributed by atoms with Gasteiger partial charge in [0.2, 0.25) is 0 Å². The Morgan fingerprint density at radius 2 is 1.86 bits per heavy atom. The van der Waals surface area contributed by atoms with E-state index in [-0.39, 0.29) is 53.3 Å². The Kier molecular flexibility index (Phi) is 7.46. The van der Waals surface area contributed by atoms with E-state index < -0.39 is 11.7 Å². The van der Waals surface area contributed by atoms with Crippen molar-refractivity contribution in [1.82, 2.24) is 5.32 Å². The van der Waals surface area contributed by atoms with Gasteiger partial charge < -0.3 is 15.8 Å². The Bertz CT molecular complexity index is 525. The van der Waals surface area contributed by atoms with Crippen LogP contribution in [0, 0.1) is 0 Å². The second kappa shape index (κ2) is 7.89. The van der Waals surface area contributed by atoms with Crippen LogP contribution in [0.2, 0.25) is 0 Å². The second-order valence-corrected chi connectivity index (χ2v) is 5.60. The third kappa shape index (κ3) is 6.71. The monoisotopic (exact) mass is 431 g/mol. The molecule has 0 radical (unpaired) electrons. The molecular formula is C14H21F3IN3O. The lowest BCUT2D eigenvalue weighted by Crippen LogP contribution is -2.45. The highest BCUT2D eigenvalue weighted by molar-refractivity contribution is 14.0. The molecule has 1 rings (SSSR count). The van der Waals surface area contributed by atoms with Crippen molar-refractivity contribution in [1.29, 1.82) is 0 Å². The van der Waals surface area contributed by atoms with E-state index in [1.165, 1.54) is 19.2 Å². The van der Waals surface area contributed by atoms with Crippen LogP contribution in [0.4, 0.5) is 13.2 Å². The molecule has 0 spiro atoms. The number of ether oxygens (including phenoxy) is 1. The Morgan fingerprint density at radius 3 is 2.32 bits per heavy atom. The molecule has 0 atom stereocenters. The van der Waals surface area contributed by atoms with Crippen molar-refractivity contribution in [3.05, 3.63) is 29.3 Å². The summed E-state index contributed by atoms with van der Waals surface area (Å²) in [6, 6.07) is 3.77. The first-order valence-electron chi connectivity index (χ1n) is 6.35. The van der Waals surface area contributed by atoms with Crippen LogP contribution in [-0.2, 0) is 12.7 Å². The fraction of sp³-hybridized carbons (Fsp3) is 0.500. The number of benzene rings is 1. The van der Waals surface area contributed by atoms with Gasteiger partial charge in [-0.05, 0) is 38.5 Å². The van der Waals surface area contributed by atoms with Crippen LogP contribution < -0.4 is 15.8 Å². The van der Waals surface area contributed by atoms with Gasteiger partial charge in [0, 0.05) is 5.54 Å². The van der Waals surface area contributed by atoms with Crippen LogP contribution in [0.15, 0.2) is 23.2 Å². The summed E-state index contributed by atoms with van der Waals surface area (Å²) in [5, 5.41) is 2.89. The normalized spacial score (nSPS) is 12.6. The molecule has 22 heavy (non-hydrogen) atoms. The summed E-state index contributed by atoms with van der Waals surface area (Å²) in [5.74, 6) is 0.252. The molecule has 126 valence electrons. The molecule has 0 saturated carbocycles. The molecule has 0 amide bonds. The minimum absolute atomic E-state index is 0. The summed E-state index contributed by atoms with van der Waals surface area (Å²) in [6.07, 6.45) is -4.47. The van der Waals surface area contributed by atoms with Crippen molar-refractivity contribution >= 4 is 29.9 Å². The third-order valence-corrected chi connectivity index (χ3v) is 2.55. The first-order valence-corrected chi connectivity index (χ1v) is 6.35. The largest absolute Gasteiger partial charge is 0.497 e. The maximum absolute atomic E-state index is 13.0. The van der Waals surface area contributed by atoms with Gasteiger partial charge in [0.15, 0.2) is 5.96 Å². The number of guanidine groups is 1. The van der Waals surface area contributed by atoms with Crippen LogP contribution in [0.1, 0.15) is 31.9 Å². The highest BCUT2D eigenvalue weighted by Gasteiger charge is 2.33. The number of alkyl halides is 3. The molecule has 1 aromatic carbocycles. The summed E-state index contributed by atoms with van der Waals surface area (Å²) in [6.45, 7) is 5.48. The summed E-state index contributed by atoms with van der Waals surface area (Å²) >= 11 is 0. The number of halogens is 4. The minimum Gasteiger partial charge on any atom is -0.497 e. The smallest absolute Gasteiger partial charge is 0.416 e. The van der Waals surface area contributed by atoms with Crippen LogP contribution in [0.5, 0.6) is 5.75 Å². The summed E-state index contributed by atoms with van der Waals surface area (Å²) in [4.78, 5) is 3.95. The lowest BCUT2D eigenvalue weighted by atomic mass is 10.1. The van der Waals surface area contributed by atoms with E-state index >= 15 is 0 Å². The van der Waals surface area contributed by atoms with Crippen LogP contribution >= 0.6 is 24.0 Å². The first kappa shape index (κ1) is 20.8. The lowest BCUT2D eigenvalue weighted by Gasteiger charge is -2.21. The van der Waals surface area contributed by atoms with Crippen molar-refractivity contribution in [2.45, 2.75) is 39.0 Å². The molecule has 0 aliphatic rings. The molecule has 0 saturated heterocycles. The maximum atomic E-state index is 13.0. The van der Waals surface area contributed by atoms with Gasteiger partial charge in [-0.2, -0.15) is 13.2 Å². The Balaban J connectivity index is 0.00000441. The van der Waals surface area contributed by atoms with E-state index in [0.29, 0.717) is 0 Å². The van der Waals surface area contributed by atoms with Gasteiger partial charge in [0.05, 0.1) is 19.2 Å². The van der Waals surface area contributed by atoms with Crippen LogP contribution in [0.25, 0.3) is 0 Å². The molecule has 0 fully saturated rings. The Labute approximate surface area is 145 Å². The van der Waals surface area contributed by atoms with Gasteiger partial charge in [-0.15, -0.1) is 24.0 Å². The molecule has 0 heterocycles. The fourth-order valence-corrected chi connectivity index (χ4v) is 1.68. The van der Waals surface area contributed by atoms with Crippen molar-refractivity contribution in [2.75, 3.05) is 7.11 Å². The average molecular weight is 431 g/mol. The van der Waals surface area contributed by atoms with Gasteiger partial charge in [-0.25, -0.2) is 4.99 Å². The summed E-state index contributed by atoms with van der Waals surface area (Å²) in [5.41, 5.74) is 4.62. The lowest BCUT2D eigenvalue weighted by molar-refractivity contribution is -0.138. The molecule has 3 N–H and O–H groups in total. The third-order valence-electron chi connectivity index (χ3n) is 2.55. The van der Waals surface area contributed by atoms with Crippen LogP contribution in [0.3, 0.4) is 0 Å². The van der Waals surface area contributed by atoms with Crippen molar-refractivity contribution in [3.63, 3.8) is 0 Å². The van der Waals surface area contributed by atoms with Gasteiger partial charge >= 0.3 is 6.18 Å². The van der Waals surface area contributed by atoms with Gasteiger partial charge in [-0.3, -0.25) is 0 Å². The SMILES string of the molecule is COc1ccc(CN=C(N)NC(C)(C)C)c(C(F)(F)F)c1.I. The van der Waals surface area contributed by atoms with E-state index in [0.717, 1.165) is 6.07 Å². The van der Waals surface area contributed by atoms with E-state index in [1.807, 2.05) is 20.8 Å². The predicted molar refractivity (Wildman–Crippen MR) is 91.6 cm³/mol. The molecule has 1 aromatic rings. The van der Waals surface area contributed by atoms with Crippen molar-refractivity contribution in [3.8, 4) is 5.75 Å². The fourth-order valence-electron chi connectivity index (χ4n) is 1.68. The topological polar surface area (TPSA) is 59.6 Å². The number of aliphatic imine (C=N–C) groups is 1. The molecule has 0 aliphatic carbocycles. The number of methoxy groups -OCH3 is 1. The quantitative estimate of drug-likeness (QED) is 0.438. The number of nitrogens with two attached hydrogens (primary N) is 1. The molecule has 4 nitrogen and oxygen atoms in total. The second-order valence-electron chi connectivity index (χ2n) is 5.60. The molecular weight excluding hydrogens is 410 g/mol. The molecule has 0 bridgehead atoms. The predicted octanol–water partition coefficient (Wildman–Crippen LogP) is 3.53. The minimum atomic E-state index is -4.47. The van der Waals surface area contributed by atoms with Crippen LogP contribution in [-0.4, -0.2) is 18.6 Å². The number of hydrogen-bond donors (Lipinski definition) is 2. The Morgan fingerprint density at radius 1 is 1.27 bits per heavy atom.